The summed E-state index contributed by atoms with van der Waals surface area (Å²) in [6.45, 7) is 1.79. The fraction of sp³-hybridized carbons (Fsp3) is 0.111. The van der Waals surface area contributed by atoms with Gasteiger partial charge in [0.2, 0.25) is 0 Å². The highest BCUT2D eigenvalue weighted by Crippen LogP contribution is 2.37. The molecule has 26 heavy (non-hydrogen) atoms. The van der Waals surface area contributed by atoms with Crippen molar-refractivity contribution in [2.45, 2.75) is 6.92 Å². The predicted octanol–water partition coefficient (Wildman–Crippen LogP) is 2.88. The number of fused-ring (bicyclic) bond motifs is 1. The van der Waals surface area contributed by atoms with Crippen LogP contribution in [0.25, 0.3) is 22.2 Å². The molecule has 0 saturated carbocycles. The van der Waals surface area contributed by atoms with E-state index in [-0.39, 0.29) is 34.7 Å². The third-order valence-corrected chi connectivity index (χ3v) is 3.73. The molecule has 0 aliphatic heterocycles. The van der Waals surface area contributed by atoms with E-state index in [0.29, 0.717) is 10.9 Å². The van der Waals surface area contributed by atoms with Crippen LogP contribution in [0.15, 0.2) is 41.2 Å². The summed E-state index contributed by atoms with van der Waals surface area (Å²) in [5.74, 6) is -0.892. The summed E-state index contributed by atoms with van der Waals surface area (Å²) in [4.78, 5) is 27.1. The number of carbonyl (C=O) groups is 1. The van der Waals surface area contributed by atoms with Crippen molar-refractivity contribution in [1.82, 2.24) is 4.98 Å². The second kappa shape index (κ2) is 6.67. The first-order chi connectivity index (χ1) is 12.4. The summed E-state index contributed by atoms with van der Waals surface area (Å²) in [5.41, 5.74) is 0.727. The van der Waals surface area contributed by atoms with Crippen LogP contribution >= 0.6 is 0 Å². The molecule has 0 saturated heterocycles. The summed E-state index contributed by atoms with van der Waals surface area (Å²) in [7, 11) is 0. The fourth-order valence-electron chi connectivity index (χ4n) is 2.57. The van der Waals surface area contributed by atoms with Gasteiger partial charge in [-0.05, 0) is 25.1 Å². The van der Waals surface area contributed by atoms with Gasteiger partial charge in [0, 0.05) is 29.1 Å². The van der Waals surface area contributed by atoms with Gasteiger partial charge in [0.1, 0.15) is 5.75 Å². The molecule has 0 aliphatic carbocycles. The zero-order valence-corrected chi connectivity index (χ0v) is 13.7. The lowest BCUT2D eigenvalue weighted by molar-refractivity contribution is 0.168. The number of phenolic OH excluding ortho intramolecular Hbond substituents is 3. The normalized spacial score (nSPS) is 10.7. The molecule has 0 radical (unpaired) electrons. The quantitative estimate of drug-likeness (QED) is 0.362. The van der Waals surface area contributed by atoms with E-state index < -0.39 is 17.6 Å². The van der Waals surface area contributed by atoms with Crippen LogP contribution in [0.3, 0.4) is 0 Å². The van der Waals surface area contributed by atoms with Crippen LogP contribution in [0.2, 0.25) is 0 Å². The minimum Gasteiger partial charge on any atom is -0.508 e. The second-order valence-electron chi connectivity index (χ2n) is 5.51. The Labute approximate surface area is 147 Å². The van der Waals surface area contributed by atoms with Crippen molar-refractivity contribution in [3.63, 3.8) is 0 Å². The first-order valence-electron chi connectivity index (χ1n) is 7.75. The number of anilines is 1. The Kier molecular flexibility index (Phi) is 4.40. The van der Waals surface area contributed by atoms with Gasteiger partial charge in [-0.3, -0.25) is 10.1 Å². The number of aromatic hydroxyl groups is 3. The van der Waals surface area contributed by atoms with Crippen molar-refractivity contribution in [3.05, 3.63) is 46.6 Å². The average molecular weight is 356 g/mol. The van der Waals surface area contributed by atoms with E-state index in [2.05, 4.69) is 10.3 Å². The van der Waals surface area contributed by atoms with Gasteiger partial charge >= 0.3 is 6.09 Å². The fourth-order valence-corrected chi connectivity index (χ4v) is 2.57. The molecule has 2 aromatic carbocycles. The molecule has 0 unspecified atom stereocenters. The standard InChI is InChI=1S/C18H16N2O6/c1-2-26-18(25)20-14-8-17(24)16(23)6-11(14)13-7-15(22)10-4-3-9(21)5-12(10)19-13/h3-8,21,23-24H,2H2,1H3,(H,19,22)(H,20,25). The third-order valence-electron chi connectivity index (χ3n) is 3.73. The van der Waals surface area contributed by atoms with Crippen molar-refractivity contribution in [3.8, 4) is 28.5 Å². The van der Waals surface area contributed by atoms with Crippen LogP contribution in [0.4, 0.5) is 10.5 Å². The number of pyridine rings is 1. The molecule has 3 aromatic rings. The molecule has 1 heterocycles. The van der Waals surface area contributed by atoms with Crippen molar-refractivity contribution < 1.29 is 24.9 Å². The Morgan fingerprint density at radius 1 is 1.12 bits per heavy atom. The molecule has 134 valence electrons. The number of ether oxygens (including phenoxy) is 1. The number of hydrogen-bond donors (Lipinski definition) is 5. The number of nitrogens with one attached hydrogen (secondary N) is 2. The summed E-state index contributed by atoms with van der Waals surface area (Å²) in [5, 5.41) is 32.0. The first-order valence-corrected chi connectivity index (χ1v) is 7.75. The summed E-state index contributed by atoms with van der Waals surface area (Å²) in [6, 6.07) is 7.92. The Hall–Kier alpha value is -3.68. The Morgan fingerprint density at radius 2 is 1.85 bits per heavy atom. The maximum atomic E-state index is 12.3. The lowest BCUT2D eigenvalue weighted by Gasteiger charge is -2.13. The van der Waals surface area contributed by atoms with Gasteiger partial charge in [-0.1, -0.05) is 0 Å². The largest absolute Gasteiger partial charge is 0.508 e. The number of aromatic amines is 1. The van der Waals surface area contributed by atoms with Gasteiger partial charge in [-0.15, -0.1) is 0 Å². The van der Waals surface area contributed by atoms with Gasteiger partial charge in [0.05, 0.1) is 23.5 Å². The predicted molar refractivity (Wildman–Crippen MR) is 95.6 cm³/mol. The maximum absolute atomic E-state index is 12.3. The smallest absolute Gasteiger partial charge is 0.411 e. The lowest BCUT2D eigenvalue weighted by Crippen LogP contribution is -2.14. The van der Waals surface area contributed by atoms with Crippen LogP contribution < -0.4 is 10.7 Å². The molecule has 8 heteroatoms. The highest BCUT2D eigenvalue weighted by atomic mass is 16.5. The van der Waals surface area contributed by atoms with Crippen molar-refractivity contribution in [2.24, 2.45) is 0 Å². The summed E-state index contributed by atoms with van der Waals surface area (Å²) in [6.07, 6.45) is -0.750. The van der Waals surface area contributed by atoms with Crippen LogP contribution in [-0.2, 0) is 4.74 Å². The van der Waals surface area contributed by atoms with Gasteiger partial charge in [-0.25, -0.2) is 4.79 Å². The number of benzene rings is 2. The zero-order valence-electron chi connectivity index (χ0n) is 13.7. The zero-order chi connectivity index (χ0) is 18.8. The molecular formula is C18H16N2O6. The lowest BCUT2D eigenvalue weighted by atomic mass is 10.1. The number of amides is 1. The third kappa shape index (κ3) is 3.25. The van der Waals surface area contributed by atoms with Crippen molar-refractivity contribution in [2.75, 3.05) is 11.9 Å². The van der Waals surface area contributed by atoms with Gasteiger partial charge in [0.25, 0.3) is 0 Å². The van der Waals surface area contributed by atoms with Crippen LogP contribution in [0.1, 0.15) is 6.92 Å². The van der Waals surface area contributed by atoms with E-state index in [4.69, 9.17) is 4.74 Å². The number of H-pyrrole nitrogens is 1. The highest BCUT2D eigenvalue weighted by Gasteiger charge is 2.15. The second-order valence-corrected chi connectivity index (χ2v) is 5.51. The Balaban J connectivity index is 2.19. The SMILES string of the molecule is CCOC(=O)Nc1cc(O)c(O)cc1-c1cc(=O)c2ccc(O)cc2[nH]1. The van der Waals surface area contributed by atoms with Gasteiger partial charge in [0.15, 0.2) is 16.9 Å². The summed E-state index contributed by atoms with van der Waals surface area (Å²) >= 11 is 0. The maximum Gasteiger partial charge on any atom is 0.411 e. The van der Waals surface area contributed by atoms with Gasteiger partial charge < -0.3 is 25.0 Å². The molecule has 1 amide bonds. The van der Waals surface area contributed by atoms with Crippen LogP contribution in [0.5, 0.6) is 17.2 Å². The topological polar surface area (TPSA) is 132 Å². The molecule has 5 N–H and O–H groups in total. The molecule has 0 spiro atoms. The highest BCUT2D eigenvalue weighted by molar-refractivity contribution is 5.93. The number of carbonyl (C=O) groups excluding carboxylic acids is 1. The number of phenols is 3. The average Bonchev–Trinajstić information content (AvgIpc) is 2.57. The molecule has 0 atom stereocenters. The molecule has 0 bridgehead atoms. The minimum atomic E-state index is -0.750. The number of rotatable bonds is 3. The van der Waals surface area contributed by atoms with E-state index in [1.165, 1.54) is 30.3 Å². The monoisotopic (exact) mass is 356 g/mol. The van der Waals surface area contributed by atoms with Crippen molar-refractivity contribution >= 4 is 22.7 Å². The van der Waals surface area contributed by atoms with Crippen molar-refractivity contribution in [1.29, 1.82) is 0 Å². The molecule has 8 nitrogen and oxygen atoms in total. The molecule has 0 fully saturated rings. The van der Waals surface area contributed by atoms with E-state index >= 15 is 0 Å². The van der Waals surface area contributed by atoms with E-state index in [1.807, 2.05) is 0 Å². The molecule has 1 aromatic heterocycles. The molecular weight excluding hydrogens is 340 g/mol. The summed E-state index contributed by atoms with van der Waals surface area (Å²) < 4.78 is 4.82. The first kappa shape index (κ1) is 17.2. The molecule has 3 rings (SSSR count). The van der Waals surface area contributed by atoms with Gasteiger partial charge in [-0.2, -0.15) is 0 Å². The number of aromatic nitrogens is 1. The molecule has 0 aliphatic rings. The van der Waals surface area contributed by atoms with Crippen LogP contribution in [-0.4, -0.2) is 33.0 Å². The number of hydrogen-bond acceptors (Lipinski definition) is 6. The Morgan fingerprint density at radius 3 is 2.58 bits per heavy atom. The minimum absolute atomic E-state index is 0.0243. The van der Waals surface area contributed by atoms with E-state index in [9.17, 15) is 24.9 Å². The van der Waals surface area contributed by atoms with E-state index in [0.717, 1.165) is 6.07 Å². The Bertz CT molecular complexity index is 1060. The van der Waals surface area contributed by atoms with E-state index in [1.54, 1.807) is 6.92 Å². The van der Waals surface area contributed by atoms with Crippen LogP contribution in [0, 0.1) is 0 Å².